The lowest BCUT2D eigenvalue weighted by atomic mass is 9.92. The van der Waals surface area contributed by atoms with E-state index >= 15 is 0 Å². The first-order chi connectivity index (χ1) is 13.3. The number of hydrogen-bond acceptors (Lipinski definition) is 5. The average molecular weight is 505 g/mol. The molecule has 1 unspecified atom stereocenters. The highest BCUT2D eigenvalue weighted by Crippen LogP contribution is 2.19. The molecule has 0 aliphatic carbocycles. The van der Waals surface area contributed by atoms with E-state index in [0.29, 0.717) is 25.1 Å². The number of morpholine rings is 1. The number of hydrogen-bond donors (Lipinski definition) is 2. The van der Waals surface area contributed by atoms with Crippen LogP contribution in [0, 0.1) is 5.92 Å². The normalized spacial score (nSPS) is 16.4. The molecular weight excluding hydrogens is 469 g/mol. The molecule has 0 aromatic carbocycles. The minimum Gasteiger partial charge on any atom is -0.490 e. The molecule has 1 fully saturated rings. The smallest absolute Gasteiger partial charge is 0.191 e. The first-order valence-electron chi connectivity index (χ1n) is 10.1. The molecule has 1 aliphatic heterocycles. The third-order valence-corrected chi connectivity index (χ3v) is 5.11. The first kappa shape index (κ1) is 24.9. The van der Waals surface area contributed by atoms with Crippen LogP contribution >= 0.6 is 24.0 Å². The Kier molecular flexibility index (Phi) is 13.2. The summed E-state index contributed by atoms with van der Waals surface area (Å²) in [5.74, 6) is 2.26. The molecule has 7 nitrogen and oxygen atoms in total. The van der Waals surface area contributed by atoms with Crippen molar-refractivity contribution in [3.8, 4) is 5.75 Å². The Morgan fingerprint density at radius 3 is 2.64 bits per heavy atom. The summed E-state index contributed by atoms with van der Waals surface area (Å²) in [6.45, 7) is 10.4. The molecular formula is C20H36IN5O2. The highest BCUT2D eigenvalue weighted by Gasteiger charge is 2.26. The molecule has 8 heteroatoms. The van der Waals surface area contributed by atoms with E-state index in [-0.39, 0.29) is 24.0 Å². The number of nitrogens with zero attached hydrogens (tertiary/aromatic N) is 3. The SMILES string of the molecule is CCC(CC)C(CNC(=NC)NCCOc1cccnc1)N1CCOCC1.I. The number of guanidine groups is 1. The van der Waals surface area contributed by atoms with Gasteiger partial charge in [-0.3, -0.25) is 14.9 Å². The van der Waals surface area contributed by atoms with Crippen molar-refractivity contribution >= 4 is 29.9 Å². The number of halogens is 1. The molecule has 0 saturated carbocycles. The average Bonchev–Trinajstić information content (AvgIpc) is 2.73. The molecule has 160 valence electrons. The van der Waals surface area contributed by atoms with E-state index in [0.717, 1.165) is 44.6 Å². The van der Waals surface area contributed by atoms with Crippen LogP contribution in [0.15, 0.2) is 29.5 Å². The number of aromatic nitrogens is 1. The minimum absolute atomic E-state index is 0. The Hall–Kier alpha value is -1.13. The van der Waals surface area contributed by atoms with Crippen LogP contribution in [-0.2, 0) is 4.74 Å². The molecule has 1 aromatic heterocycles. The Labute approximate surface area is 186 Å². The van der Waals surface area contributed by atoms with Gasteiger partial charge in [-0.05, 0) is 18.1 Å². The molecule has 1 aromatic rings. The van der Waals surface area contributed by atoms with E-state index in [2.05, 4.69) is 39.4 Å². The quantitative estimate of drug-likeness (QED) is 0.220. The topological polar surface area (TPSA) is 71.0 Å². The second-order valence-electron chi connectivity index (χ2n) is 6.71. The summed E-state index contributed by atoms with van der Waals surface area (Å²) in [5, 5.41) is 6.83. The van der Waals surface area contributed by atoms with Gasteiger partial charge in [-0.15, -0.1) is 24.0 Å². The molecule has 1 aliphatic rings. The molecule has 0 amide bonds. The summed E-state index contributed by atoms with van der Waals surface area (Å²) in [6, 6.07) is 4.27. The van der Waals surface area contributed by atoms with E-state index in [9.17, 15) is 0 Å². The van der Waals surface area contributed by atoms with Crippen LogP contribution in [0.4, 0.5) is 0 Å². The molecule has 2 N–H and O–H groups in total. The Morgan fingerprint density at radius 2 is 2.04 bits per heavy atom. The molecule has 28 heavy (non-hydrogen) atoms. The van der Waals surface area contributed by atoms with E-state index < -0.39 is 0 Å². The third kappa shape index (κ3) is 8.48. The number of nitrogens with one attached hydrogen (secondary N) is 2. The lowest BCUT2D eigenvalue weighted by Gasteiger charge is -2.39. The fourth-order valence-corrected chi connectivity index (χ4v) is 3.53. The highest BCUT2D eigenvalue weighted by atomic mass is 127. The summed E-state index contributed by atoms with van der Waals surface area (Å²) < 4.78 is 11.2. The number of aliphatic imine (C=N–C) groups is 1. The number of ether oxygens (including phenoxy) is 2. The molecule has 0 radical (unpaired) electrons. The van der Waals surface area contributed by atoms with Gasteiger partial charge in [-0.2, -0.15) is 0 Å². The van der Waals surface area contributed by atoms with E-state index in [1.807, 2.05) is 12.1 Å². The molecule has 1 atom stereocenters. The van der Waals surface area contributed by atoms with Crippen LogP contribution < -0.4 is 15.4 Å². The van der Waals surface area contributed by atoms with Gasteiger partial charge in [-0.1, -0.05) is 26.7 Å². The van der Waals surface area contributed by atoms with Crippen LogP contribution in [0.5, 0.6) is 5.75 Å². The predicted octanol–water partition coefficient (Wildman–Crippen LogP) is 2.38. The van der Waals surface area contributed by atoms with Gasteiger partial charge in [0.2, 0.25) is 0 Å². The van der Waals surface area contributed by atoms with Gasteiger partial charge in [0.15, 0.2) is 5.96 Å². The Bertz CT molecular complexity index is 537. The fourth-order valence-electron chi connectivity index (χ4n) is 3.53. The summed E-state index contributed by atoms with van der Waals surface area (Å²) in [7, 11) is 1.80. The molecule has 0 spiro atoms. The van der Waals surface area contributed by atoms with E-state index in [1.54, 1.807) is 19.4 Å². The van der Waals surface area contributed by atoms with Crippen molar-refractivity contribution in [2.45, 2.75) is 32.7 Å². The van der Waals surface area contributed by atoms with Crippen molar-refractivity contribution in [2.24, 2.45) is 10.9 Å². The summed E-state index contributed by atoms with van der Waals surface area (Å²) in [6.07, 6.45) is 5.83. The molecule has 2 heterocycles. The van der Waals surface area contributed by atoms with Crippen LogP contribution in [0.25, 0.3) is 0 Å². The second-order valence-corrected chi connectivity index (χ2v) is 6.71. The maximum Gasteiger partial charge on any atom is 0.191 e. The molecule has 2 rings (SSSR count). The van der Waals surface area contributed by atoms with Crippen LogP contribution in [0.1, 0.15) is 26.7 Å². The maximum atomic E-state index is 5.66. The van der Waals surface area contributed by atoms with Gasteiger partial charge in [0.25, 0.3) is 0 Å². The van der Waals surface area contributed by atoms with Crippen molar-refractivity contribution in [1.82, 2.24) is 20.5 Å². The van der Waals surface area contributed by atoms with Crippen molar-refractivity contribution < 1.29 is 9.47 Å². The summed E-state index contributed by atoms with van der Waals surface area (Å²) in [4.78, 5) is 11.0. The van der Waals surface area contributed by atoms with Gasteiger partial charge in [0, 0.05) is 38.9 Å². The molecule has 1 saturated heterocycles. The van der Waals surface area contributed by atoms with E-state index in [4.69, 9.17) is 9.47 Å². The van der Waals surface area contributed by atoms with Gasteiger partial charge >= 0.3 is 0 Å². The Morgan fingerprint density at radius 1 is 1.29 bits per heavy atom. The maximum absolute atomic E-state index is 5.66. The predicted molar refractivity (Wildman–Crippen MR) is 125 cm³/mol. The van der Waals surface area contributed by atoms with Crippen LogP contribution in [0.2, 0.25) is 0 Å². The van der Waals surface area contributed by atoms with Crippen molar-refractivity contribution in [2.75, 3.05) is 53.0 Å². The van der Waals surface area contributed by atoms with E-state index in [1.165, 1.54) is 12.8 Å². The van der Waals surface area contributed by atoms with Crippen molar-refractivity contribution in [3.05, 3.63) is 24.5 Å². The monoisotopic (exact) mass is 505 g/mol. The standard InChI is InChI=1S/C20H35N5O2.HI/c1-4-17(5-2)19(25-10-13-26-14-11-25)16-24-20(21-3)23-9-12-27-18-7-6-8-22-15-18;/h6-8,15,17,19H,4-5,9-14,16H2,1-3H3,(H2,21,23,24);1H. The number of pyridine rings is 1. The van der Waals surface area contributed by atoms with Gasteiger partial charge < -0.3 is 20.1 Å². The third-order valence-electron chi connectivity index (χ3n) is 5.11. The lowest BCUT2D eigenvalue weighted by Crippen LogP contribution is -2.53. The van der Waals surface area contributed by atoms with Crippen LogP contribution in [-0.4, -0.2) is 74.9 Å². The summed E-state index contributed by atoms with van der Waals surface area (Å²) in [5.41, 5.74) is 0. The summed E-state index contributed by atoms with van der Waals surface area (Å²) >= 11 is 0. The lowest BCUT2D eigenvalue weighted by molar-refractivity contribution is 0.00272. The zero-order valence-corrected chi connectivity index (χ0v) is 19.7. The second kappa shape index (κ2) is 14.8. The first-order valence-corrected chi connectivity index (χ1v) is 10.1. The van der Waals surface area contributed by atoms with Crippen molar-refractivity contribution in [1.29, 1.82) is 0 Å². The Balaban J connectivity index is 0.00000392. The number of rotatable bonds is 10. The van der Waals surface area contributed by atoms with Gasteiger partial charge in [-0.25, -0.2) is 0 Å². The zero-order valence-electron chi connectivity index (χ0n) is 17.4. The van der Waals surface area contributed by atoms with Crippen LogP contribution in [0.3, 0.4) is 0 Å². The van der Waals surface area contributed by atoms with Gasteiger partial charge in [0.1, 0.15) is 12.4 Å². The fraction of sp³-hybridized carbons (Fsp3) is 0.700. The molecule has 0 bridgehead atoms. The van der Waals surface area contributed by atoms with Gasteiger partial charge in [0.05, 0.1) is 26.0 Å². The minimum atomic E-state index is 0. The largest absolute Gasteiger partial charge is 0.490 e. The highest BCUT2D eigenvalue weighted by molar-refractivity contribution is 14.0. The van der Waals surface area contributed by atoms with Crippen molar-refractivity contribution in [3.63, 3.8) is 0 Å². The zero-order chi connectivity index (χ0) is 19.3.